The molecule has 0 unspecified atom stereocenters. The lowest BCUT2D eigenvalue weighted by Crippen LogP contribution is -2.35. The molecule has 4 rings (SSSR count). The summed E-state index contributed by atoms with van der Waals surface area (Å²) in [6.45, 7) is 3.69. The van der Waals surface area contributed by atoms with Crippen LogP contribution in [-0.4, -0.2) is 42.9 Å². The van der Waals surface area contributed by atoms with E-state index in [9.17, 15) is 9.59 Å². The number of hydrogen-bond donors (Lipinski definition) is 2. The normalized spacial score (nSPS) is 17.7. The summed E-state index contributed by atoms with van der Waals surface area (Å²) in [5, 5.41) is 5.97. The highest BCUT2D eigenvalue weighted by Crippen LogP contribution is 2.39. The molecule has 0 aromatic heterocycles. The maximum atomic E-state index is 12.6. The van der Waals surface area contributed by atoms with E-state index in [-0.39, 0.29) is 11.8 Å². The lowest BCUT2D eigenvalue weighted by molar-refractivity contribution is -0.112. The van der Waals surface area contributed by atoms with E-state index in [1.54, 1.807) is 6.07 Å². The number of carbonyl (C=O) groups excluding carboxylic acids is 2. The molecule has 1 aliphatic heterocycles. The standard InChI is InChI=1S/C27H33N3O2S/c1-19-9-11-20(12-10-19)17-25-27(32)29-23-18-21(13-14-24(23)33-25)26(31)28-15-6-16-30(2)22-7-4-3-5-8-22/h9-14,17-18,22H,3-8,15-16H2,1-2H3,(H,28,31)(H,29,32). The number of thioether (sulfide) groups is 1. The zero-order valence-electron chi connectivity index (χ0n) is 19.5. The fourth-order valence-corrected chi connectivity index (χ4v) is 5.38. The number of nitrogens with zero attached hydrogens (tertiary/aromatic N) is 1. The molecule has 6 heteroatoms. The molecule has 5 nitrogen and oxygen atoms in total. The summed E-state index contributed by atoms with van der Waals surface area (Å²) < 4.78 is 0. The Labute approximate surface area is 201 Å². The molecule has 1 heterocycles. The lowest BCUT2D eigenvalue weighted by Gasteiger charge is -2.31. The molecule has 0 spiro atoms. The van der Waals surface area contributed by atoms with Crippen molar-refractivity contribution in [3.63, 3.8) is 0 Å². The second-order valence-corrected chi connectivity index (χ2v) is 10.2. The van der Waals surface area contributed by atoms with E-state index in [4.69, 9.17) is 0 Å². The van der Waals surface area contributed by atoms with Crippen LogP contribution in [0.2, 0.25) is 0 Å². The van der Waals surface area contributed by atoms with Crippen molar-refractivity contribution in [3.8, 4) is 0 Å². The molecule has 1 saturated carbocycles. The summed E-state index contributed by atoms with van der Waals surface area (Å²) in [5.74, 6) is -0.241. The van der Waals surface area contributed by atoms with Crippen molar-refractivity contribution < 1.29 is 9.59 Å². The highest BCUT2D eigenvalue weighted by atomic mass is 32.2. The first kappa shape index (κ1) is 23.6. The number of fused-ring (bicyclic) bond motifs is 1. The molecule has 0 atom stereocenters. The molecule has 0 saturated heterocycles. The van der Waals surface area contributed by atoms with E-state index in [0.29, 0.717) is 28.7 Å². The van der Waals surface area contributed by atoms with Crippen molar-refractivity contribution in [1.29, 1.82) is 0 Å². The summed E-state index contributed by atoms with van der Waals surface area (Å²) in [6.07, 6.45) is 9.46. The number of amides is 2. The van der Waals surface area contributed by atoms with Crippen molar-refractivity contribution >= 4 is 35.3 Å². The summed E-state index contributed by atoms with van der Waals surface area (Å²) in [5.41, 5.74) is 3.44. The molecular formula is C27H33N3O2S. The quantitative estimate of drug-likeness (QED) is 0.423. The molecule has 2 amide bonds. The van der Waals surface area contributed by atoms with Gasteiger partial charge in [-0.15, -0.1) is 0 Å². The maximum Gasteiger partial charge on any atom is 0.262 e. The predicted octanol–water partition coefficient (Wildman–Crippen LogP) is 5.46. The second kappa shape index (κ2) is 11.0. The summed E-state index contributed by atoms with van der Waals surface area (Å²) >= 11 is 1.43. The van der Waals surface area contributed by atoms with E-state index in [1.807, 2.05) is 49.4 Å². The molecule has 2 aromatic carbocycles. The van der Waals surface area contributed by atoms with Gasteiger partial charge in [-0.3, -0.25) is 9.59 Å². The first-order chi connectivity index (χ1) is 16.0. The van der Waals surface area contributed by atoms with Crippen LogP contribution in [0.15, 0.2) is 52.3 Å². The Morgan fingerprint density at radius 1 is 1.15 bits per heavy atom. The average molecular weight is 464 g/mol. The molecule has 1 fully saturated rings. The number of benzene rings is 2. The van der Waals surface area contributed by atoms with Crippen LogP contribution < -0.4 is 10.6 Å². The molecule has 0 radical (unpaired) electrons. The van der Waals surface area contributed by atoms with Gasteiger partial charge in [0.15, 0.2) is 0 Å². The molecular weight excluding hydrogens is 430 g/mol. The summed E-state index contributed by atoms with van der Waals surface area (Å²) in [7, 11) is 2.20. The SMILES string of the molecule is Cc1ccc(C=C2Sc3ccc(C(=O)NCCCN(C)C4CCCCC4)cc3NC2=O)cc1. The van der Waals surface area contributed by atoms with Gasteiger partial charge in [0.25, 0.3) is 11.8 Å². The minimum atomic E-state index is -0.142. The van der Waals surface area contributed by atoms with Crippen LogP contribution in [0.3, 0.4) is 0 Å². The molecule has 2 N–H and O–H groups in total. The molecule has 2 aromatic rings. The Morgan fingerprint density at radius 2 is 1.91 bits per heavy atom. The van der Waals surface area contributed by atoms with Crippen LogP contribution in [0.1, 0.15) is 60.0 Å². The van der Waals surface area contributed by atoms with Gasteiger partial charge in [0.2, 0.25) is 0 Å². The zero-order valence-corrected chi connectivity index (χ0v) is 20.3. The van der Waals surface area contributed by atoms with Gasteiger partial charge in [-0.05, 0) is 69.6 Å². The van der Waals surface area contributed by atoms with Gasteiger partial charge in [0.1, 0.15) is 0 Å². The minimum absolute atomic E-state index is 0.0987. The Balaban J connectivity index is 1.31. The van der Waals surface area contributed by atoms with Gasteiger partial charge < -0.3 is 15.5 Å². The summed E-state index contributed by atoms with van der Waals surface area (Å²) in [4.78, 5) is 29.3. The fraction of sp³-hybridized carbons (Fsp3) is 0.407. The number of rotatable bonds is 7. The predicted molar refractivity (Wildman–Crippen MR) is 137 cm³/mol. The highest BCUT2D eigenvalue weighted by Gasteiger charge is 2.22. The Kier molecular flexibility index (Phi) is 7.89. The first-order valence-electron chi connectivity index (χ1n) is 11.9. The molecule has 174 valence electrons. The Hall–Kier alpha value is -2.57. The number of hydrogen-bond acceptors (Lipinski definition) is 4. The molecule has 2 aliphatic rings. The van der Waals surface area contributed by atoms with Crippen molar-refractivity contribution in [1.82, 2.24) is 10.2 Å². The van der Waals surface area contributed by atoms with Crippen LogP contribution in [0, 0.1) is 6.92 Å². The zero-order chi connectivity index (χ0) is 23.2. The number of nitrogens with one attached hydrogen (secondary N) is 2. The molecule has 0 bridgehead atoms. The van der Waals surface area contributed by atoms with Crippen LogP contribution >= 0.6 is 11.8 Å². The van der Waals surface area contributed by atoms with Crippen LogP contribution in [0.25, 0.3) is 6.08 Å². The highest BCUT2D eigenvalue weighted by molar-refractivity contribution is 8.04. The van der Waals surface area contributed by atoms with E-state index in [1.165, 1.54) is 49.4 Å². The lowest BCUT2D eigenvalue weighted by atomic mass is 9.94. The number of carbonyl (C=O) groups is 2. The average Bonchev–Trinajstić information content (AvgIpc) is 2.83. The van der Waals surface area contributed by atoms with Crippen LogP contribution in [0.4, 0.5) is 5.69 Å². The van der Waals surface area contributed by atoms with Gasteiger partial charge in [0.05, 0.1) is 10.6 Å². The van der Waals surface area contributed by atoms with Gasteiger partial charge in [0, 0.05) is 23.0 Å². The molecule has 1 aliphatic carbocycles. The smallest absolute Gasteiger partial charge is 0.262 e. The first-order valence-corrected chi connectivity index (χ1v) is 12.7. The van der Waals surface area contributed by atoms with E-state index in [2.05, 4.69) is 22.6 Å². The monoisotopic (exact) mass is 463 g/mol. The third kappa shape index (κ3) is 6.27. The van der Waals surface area contributed by atoms with Gasteiger partial charge in [-0.2, -0.15) is 0 Å². The van der Waals surface area contributed by atoms with Crippen molar-refractivity contribution in [2.75, 3.05) is 25.5 Å². The fourth-order valence-electron chi connectivity index (χ4n) is 4.45. The van der Waals surface area contributed by atoms with Gasteiger partial charge in [-0.1, -0.05) is 60.9 Å². The Bertz CT molecular complexity index is 1030. The van der Waals surface area contributed by atoms with Gasteiger partial charge in [-0.25, -0.2) is 0 Å². The number of aryl methyl sites for hydroxylation is 1. The van der Waals surface area contributed by atoms with Crippen molar-refractivity contribution in [3.05, 3.63) is 64.1 Å². The minimum Gasteiger partial charge on any atom is -0.352 e. The van der Waals surface area contributed by atoms with Crippen molar-refractivity contribution in [2.24, 2.45) is 0 Å². The summed E-state index contributed by atoms with van der Waals surface area (Å²) in [6, 6.07) is 14.3. The van der Waals surface area contributed by atoms with E-state index < -0.39 is 0 Å². The number of anilines is 1. The topological polar surface area (TPSA) is 61.4 Å². The maximum absolute atomic E-state index is 12.6. The molecule has 33 heavy (non-hydrogen) atoms. The Morgan fingerprint density at radius 3 is 2.67 bits per heavy atom. The second-order valence-electron chi connectivity index (χ2n) is 9.07. The van der Waals surface area contributed by atoms with E-state index >= 15 is 0 Å². The van der Waals surface area contributed by atoms with Crippen LogP contribution in [0.5, 0.6) is 0 Å². The van der Waals surface area contributed by atoms with Gasteiger partial charge >= 0.3 is 0 Å². The van der Waals surface area contributed by atoms with Crippen LogP contribution in [-0.2, 0) is 4.79 Å². The third-order valence-corrected chi connectivity index (χ3v) is 7.58. The largest absolute Gasteiger partial charge is 0.352 e. The van der Waals surface area contributed by atoms with Crippen molar-refractivity contribution in [2.45, 2.75) is 56.4 Å². The van der Waals surface area contributed by atoms with E-state index in [0.717, 1.165) is 23.4 Å². The third-order valence-electron chi connectivity index (χ3n) is 6.48.